The van der Waals surface area contributed by atoms with Crippen LogP contribution >= 0.6 is 8.96 Å². The van der Waals surface area contributed by atoms with Gasteiger partial charge in [-0.05, 0) is 18.4 Å². The number of hydrogen-bond acceptors (Lipinski definition) is 2. The van der Waals surface area contributed by atoms with E-state index in [0.29, 0.717) is 21.1 Å². The lowest BCUT2D eigenvalue weighted by Gasteiger charge is -2.17. The van der Waals surface area contributed by atoms with Gasteiger partial charge in [-0.3, -0.25) is 4.67 Å². The molecular weight excluding hydrogens is 193 g/mol. The van der Waals surface area contributed by atoms with E-state index in [1.54, 1.807) is 0 Å². The largest absolute Gasteiger partial charge is 0.337 e. The van der Waals surface area contributed by atoms with Gasteiger partial charge in [0.15, 0.2) is 0 Å². The summed E-state index contributed by atoms with van der Waals surface area (Å²) >= 11 is 0. The molecule has 0 aromatic heterocycles. The van der Waals surface area contributed by atoms with Crippen LogP contribution in [0.5, 0.6) is 0 Å². The van der Waals surface area contributed by atoms with E-state index >= 15 is 0 Å². The summed E-state index contributed by atoms with van der Waals surface area (Å²) in [6.07, 6.45) is 2.97. The first-order chi connectivity index (χ1) is 6.95. The highest BCUT2D eigenvalue weighted by Gasteiger charge is 2.39. The van der Waals surface area contributed by atoms with Crippen LogP contribution in [-0.4, -0.2) is 17.3 Å². The Morgan fingerprint density at radius 1 is 1.29 bits per heavy atom. The van der Waals surface area contributed by atoms with E-state index < -0.39 is 0 Å². The molecule has 0 radical (unpaired) electrons. The lowest BCUT2D eigenvalue weighted by atomic mass is 10.0. The topological polar surface area (TPSA) is 12.5 Å². The molecule has 0 spiro atoms. The third kappa shape index (κ3) is 1.38. The Bertz CT molecular complexity index is 316. The Morgan fingerprint density at radius 3 is 3.00 bits per heavy atom. The van der Waals surface area contributed by atoms with E-state index in [1.165, 1.54) is 24.9 Å². The molecule has 0 aliphatic carbocycles. The van der Waals surface area contributed by atoms with E-state index in [2.05, 4.69) is 35.0 Å². The summed E-state index contributed by atoms with van der Waals surface area (Å²) in [6, 6.07) is 11.3. The predicted octanol–water partition coefficient (Wildman–Crippen LogP) is 2.73. The van der Waals surface area contributed by atoms with Gasteiger partial charge in [-0.15, -0.1) is 0 Å². The summed E-state index contributed by atoms with van der Waals surface area (Å²) in [5, 5.41) is 0. The van der Waals surface area contributed by atoms with Crippen molar-refractivity contribution in [2.24, 2.45) is 0 Å². The van der Waals surface area contributed by atoms with Crippen LogP contribution in [0.15, 0.2) is 30.3 Å². The van der Waals surface area contributed by atoms with Gasteiger partial charge in [-0.25, -0.2) is 0 Å². The summed E-state index contributed by atoms with van der Waals surface area (Å²) in [5.41, 5.74) is 1.34. The Hall–Kier alpha value is -0.430. The molecule has 0 saturated carbocycles. The molecule has 2 saturated heterocycles. The molecule has 0 N–H and O–H groups in total. The minimum atomic E-state index is 0.331. The van der Waals surface area contributed by atoms with Crippen LogP contribution in [-0.2, 0) is 4.52 Å². The van der Waals surface area contributed by atoms with Gasteiger partial charge in [-0.2, -0.15) is 0 Å². The fourth-order valence-electron chi connectivity index (χ4n) is 2.36. The Labute approximate surface area is 86.2 Å². The minimum absolute atomic E-state index is 0.331. The van der Waals surface area contributed by atoms with Crippen molar-refractivity contribution in [2.45, 2.75) is 25.0 Å². The molecule has 3 heteroatoms. The molecule has 2 heterocycles. The highest BCUT2D eigenvalue weighted by Crippen LogP contribution is 2.48. The standard InChI is InChI=1S/C11H14NOP/c1-2-5-9(6-3-1)11-10-7-4-8-12(10)14-13-11/h1-3,5-6,10-11,14H,4,7-8H2/t10?,11-/m1/s1. The second kappa shape index (κ2) is 3.62. The van der Waals surface area contributed by atoms with Crippen LogP contribution < -0.4 is 0 Å². The van der Waals surface area contributed by atoms with E-state index in [4.69, 9.17) is 4.52 Å². The summed E-state index contributed by atoms with van der Waals surface area (Å²) < 4.78 is 8.34. The predicted molar refractivity (Wildman–Crippen MR) is 58.3 cm³/mol. The third-order valence-corrected chi connectivity index (χ3v) is 4.22. The SMILES string of the molecule is c1ccc([C@H]2OPN3CCCC23)cc1. The van der Waals surface area contributed by atoms with Gasteiger partial charge in [0, 0.05) is 12.6 Å². The maximum Gasteiger partial charge on any atom is 0.104 e. The summed E-state index contributed by atoms with van der Waals surface area (Å²) in [5.74, 6) is 0. The van der Waals surface area contributed by atoms with Gasteiger partial charge < -0.3 is 4.52 Å². The van der Waals surface area contributed by atoms with Crippen molar-refractivity contribution in [3.05, 3.63) is 35.9 Å². The molecule has 1 aromatic carbocycles. The molecule has 1 aromatic rings. The minimum Gasteiger partial charge on any atom is -0.337 e. The highest BCUT2D eigenvalue weighted by molar-refractivity contribution is 7.29. The zero-order chi connectivity index (χ0) is 9.38. The molecule has 3 atom stereocenters. The third-order valence-electron chi connectivity index (χ3n) is 3.07. The smallest absolute Gasteiger partial charge is 0.104 e. The van der Waals surface area contributed by atoms with Crippen molar-refractivity contribution in [3.8, 4) is 0 Å². The number of rotatable bonds is 1. The monoisotopic (exact) mass is 207 g/mol. The van der Waals surface area contributed by atoms with E-state index in [1.807, 2.05) is 0 Å². The molecule has 2 aliphatic heterocycles. The van der Waals surface area contributed by atoms with Crippen LogP contribution in [0.3, 0.4) is 0 Å². The molecule has 0 amide bonds. The molecule has 2 aliphatic rings. The van der Waals surface area contributed by atoms with Crippen LogP contribution in [0.1, 0.15) is 24.5 Å². The number of hydrogen-bond donors (Lipinski definition) is 0. The normalized spacial score (nSPS) is 33.7. The molecule has 2 fully saturated rings. The van der Waals surface area contributed by atoms with Crippen molar-refractivity contribution in [1.29, 1.82) is 0 Å². The summed E-state index contributed by atoms with van der Waals surface area (Å²) in [7, 11) is 0.582. The maximum absolute atomic E-state index is 5.86. The average Bonchev–Trinajstić information content (AvgIpc) is 2.79. The Kier molecular flexibility index (Phi) is 2.28. The average molecular weight is 207 g/mol. The van der Waals surface area contributed by atoms with Crippen molar-refractivity contribution >= 4 is 8.96 Å². The lowest BCUT2D eigenvalue weighted by molar-refractivity contribution is 0.216. The van der Waals surface area contributed by atoms with Crippen molar-refractivity contribution in [2.75, 3.05) is 6.54 Å². The second-order valence-corrected chi connectivity index (χ2v) is 4.94. The van der Waals surface area contributed by atoms with E-state index in [9.17, 15) is 0 Å². The van der Waals surface area contributed by atoms with Crippen LogP contribution in [0, 0.1) is 0 Å². The van der Waals surface area contributed by atoms with E-state index in [-0.39, 0.29) is 0 Å². The first-order valence-electron chi connectivity index (χ1n) is 5.18. The summed E-state index contributed by atoms with van der Waals surface area (Å²) in [6.45, 7) is 1.23. The van der Waals surface area contributed by atoms with Crippen LogP contribution in [0.2, 0.25) is 0 Å². The Balaban J connectivity index is 1.86. The Morgan fingerprint density at radius 2 is 2.14 bits per heavy atom. The highest BCUT2D eigenvalue weighted by atomic mass is 31.1. The van der Waals surface area contributed by atoms with Crippen LogP contribution in [0.25, 0.3) is 0 Å². The zero-order valence-electron chi connectivity index (χ0n) is 8.02. The zero-order valence-corrected chi connectivity index (χ0v) is 9.02. The van der Waals surface area contributed by atoms with Gasteiger partial charge in [0.2, 0.25) is 0 Å². The van der Waals surface area contributed by atoms with Gasteiger partial charge in [0.1, 0.15) is 6.10 Å². The van der Waals surface area contributed by atoms with Crippen LogP contribution in [0.4, 0.5) is 0 Å². The van der Waals surface area contributed by atoms with Gasteiger partial charge in [-0.1, -0.05) is 30.3 Å². The number of benzene rings is 1. The number of nitrogens with zero attached hydrogens (tertiary/aromatic N) is 1. The number of fused-ring (bicyclic) bond motifs is 1. The fraction of sp³-hybridized carbons (Fsp3) is 0.455. The lowest BCUT2D eigenvalue weighted by Crippen LogP contribution is -2.21. The fourth-order valence-corrected chi connectivity index (χ4v) is 3.55. The van der Waals surface area contributed by atoms with Crippen molar-refractivity contribution in [1.82, 2.24) is 4.67 Å². The van der Waals surface area contributed by atoms with E-state index in [0.717, 1.165) is 0 Å². The van der Waals surface area contributed by atoms with Crippen molar-refractivity contribution in [3.63, 3.8) is 0 Å². The van der Waals surface area contributed by atoms with Gasteiger partial charge in [0.05, 0.1) is 8.96 Å². The molecule has 74 valence electrons. The van der Waals surface area contributed by atoms with Crippen molar-refractivity contribution < 1.29 is 4.52 Å². The molecule has 3 rings (SSSR count). The second-order valence-electron chi connectivity index (χ2n) is 3.94. The molecule has 0 bridgehead atoms. The summed E-state index contributed by atoms with van der Waals surface area (Å²) in [4.78, 5) is 0. The van der Waals surface area contributed by atoms with Gasteiger partial charge >= 0.3 is 0 Å². The first kappa shape index (κ1) is 8.84. The van der Waals surface area contributed by atoms with Gasteiger partial charge in [0.25, 0.3) is 0 Å². The molecule has 2 nitrogen and oxygen atoms in total. The molecular formula is C11H14NOP. The molecule has 2 unspecified atom stereocenters. The first-order valence-corrected chi connectivity index (χ1v) is 6.03. The maximum atomic E-state index is 5.86. The quantitative estimate of drug-likeness (QED) is 0.656. The molecule has 14 heavy (non-hydrogen) atoms.